The third-order valence-electron chi connectivity index (χ3n) is 3.71. The van der Waals surface area contributed by atoms with E-state index in [4.69, 9.17) is 0 Å². The van der Waals surface area contributed by atoms with Crippen molar-refractivity contribution in [2.24, 2.45) is 5.92 Å². The number of aliphatic hydroxyl groups excluding tert-OH is 1. The Kier molecular flexibility index (Phi) is 5.29. The van der Waals surface area contributed by atoms with Crippen molar-refractivity contribution >= 4 is 11.7 Å². The van der Waals surface area contributed by atoms with Gasteiger partial charge < -0.3 is 15.7 Å². The van der Waals surface area contributed by atoms with E-state index < -0.39 is 0 Å². The van der Waals surface area contributed by atoms with Gasteiger partial charge in [-0.2, -0.15) is 0 Å². The maximum absolute atomic E-state index is 11.6. The lowest BCUT2D eigenvalue weighted by Crippen LogP contribution is -2.34. The predicted octanol–water partition coefficient (Wildman–Crippen LogP) is 1.19. The van der Waals surface area contributed by atoms with E-state index in [-0.39, 0.29) is 24.5 Å². The van der Waals surface area contributed by atoms with Crippen molar-refractivity contribution in [3.8, 4) is 0 Å². The zero-order valence-corrected chi connectivity index (χ0v) is 11.8. The van der Waals surface area contributed by atoms with Crippen LogP contribution in [0.2, 0.25) is 0 Å². The number of amides is 1. The van der Waals surface area contributed by atoms with Gasteiger partial charge in [0.05, 0.1) is 0 Å². The van der Waals surface area contributed by atoms with Gasteiger partial charge in [-0.1, -0.05) is 12.8 Å². The number of nitrogens with one attached hydrogen (secondary N) is 2. The molecule has 0 bridgehead atoms. The molecule has 0 spiro atoms. The monoisotopic (exact) mass is 278 g/mol. The molecule has 110 valence electrons. The molecule has 0 aromatic carbocycles. The molecule has 2 unspecified atom stereocenters. The van der Waals surface area contributed by atoms with Crippen LogP contribution in [0.4, 0.5) is 5.82 Å². The molecule has 1 aromatic rings. The maximum atomic E-state index is 11.6. The second-order valence-electron chi connectivity index (χ2n) is 5.14. The highest BCUT2D eigenvalue weighted by atomic mass is 16.3. The van der Waals surface area contributed by atoms with Crippen LogP contribution in [0.15, 0.2) is 12.1 Å². The molecule has 1 aromatic heterocycles. The second-order valence-corrected chi connectivity index (χ2v) is 5.14. The van der Waals surface area contributed by atoms with Gasteiger partial charge in [-0.25, -0.2) is 0 Å². The van der Waals surface area contributed by atoms with Crippen molar-refractivity contribution in [1.82, 2.24) is 15.5 Å². The van der Waals surface area contributed by atoms with E-state index in [2.05, 4.69) is 20.8 Å². The van der Waals surface area contributed by atoms with Crippen molar-refractivity contribution in [2.45, 2.75) is 38.6 Å². The van der Waals surface area contributed by atoms with E-state index >= 15 is 0 Å². The normalized spacial score (nSPS) is 22.3. The van der Waals surface area contributed by atoms with Crippen LogP contribution in [0, 0.1) is 5.92 Å². The van der Waals surface area contributed by atoms with Gasteiger partial charge in [0.2, 0.25) is 0 Å². The molecule has 0 radical (unpaired) electrons. The lowest BCUT2D eigenvalue weighted by atomic mass is 9.85. The highest BCUT2D eigenvalue weighted by molar-refractivity contribution is 5.92. The van der Waals surface area contributed by atoms with Crippen molar-refractivity contribution in [2.75, 3.05) is 18.5 Å². The van der Waals surface area contributed by atoms with E-state index in [1.807, 2.05) is 6.92 Å². The summed E-state index contributed by atoms with van der Waals surface area (Å²) in [6.45, 7) is 2.63. The van der Waals surface area contributed by atoms with Gasteiger partial charge in [0.1, 0.15) is 5.82 Å². The third kappa shape index (κ3) is 3.66. The number of nitrogens with zero attached hydrogens (tertiary/aromatic N) is 2. The predicted molar refractivity (Wildman–Crippen MR) is 76.5 cm³/mol. The average molecular weight is 278 g/mol. The van der Waals surface area contributed by atoms with Gasteiger partial charge >= 0.3 is 0 Å². The lowest BCUT2D eigenvalue weighted by Gasteiger charge is -2.31. The van der Waals surface area contributed by atoms with Gasteiger partial charge in [0.15, 0.2) is 5.69 Å². The lowest BCUT2D eigenvalue weighted by molar-refractivity contribution is 0.0950. The first-order chi connectivity index (χ1) is 9.74. The average Bonchev–Trinajstić information content (AvgIpc) is 2.49. The Morgan fingerprint density at radius 2 is 2.15 bits per heavy atom. The van der Waals surface area contributed by atoms with Gasteiger partial charge in [-0.05, 0) is 31.9 Å². The highest BCUT2D eigenvalue weighted by Crippen LogP contribution is 2.26. The summed E-state index contributed by atoms with van der Waals surface area (Å²) in [7, 11) is 0. The van der Waals surface area contributed by atoms with Crippen LogP contribution in [-0.2, 0) is 0 Å². The molecule has 6 nitrogen and oxygen atoms in total. The van der Waals surface area contributed by atoms with E-state index in [0.717, 1.165) is 12.8 Å². The molecule has 2 rings (SSSR count). The van der Waals surface area contributed by atoms with Crippen LogP contribution in [-0.4, -0.2) is 40.4 Å². The second kappa shape index (κ2) is 7.19. The fraction of sp³-hybridized carbons (Fsp3) is 0.643. The van der Waals surface area contributed by atoms with Crippen LogP contribution in [0.1, 0.15) is 43.1 Å². The number of carbonyl (C=O) groups excluding carboxylic acids is 1. The van der Waals surface area contributed by atoms with E-state index in [1.165, 1.54) is 12.8 Å². The Bertz CT molecular complexity index is 435. The fourth-order valence-corrected chi connectivity index (χ4v) is 2.59. The van der Waals surface area contributed by atoms with Crippen molar-refractivity contribution in [1.29, 1.82) is 0 Å². The van der Waals surface area contributed by atoms with E-state index in [9.17, 15) is 9.90 Å². The van der Waals surface area contributed by atoms with Gasteiger partial charge in [0, 0.05) is 25.1 Å². The van der Waals surface area contributed by atoms with Crippen LogP contribution >= 0.6 is 0 Å². The first-order valence-electron chi connectivity index (χ1n) is 7.24. The van der Waals surface area contributed by atoms with Gasteiger partial charge in [-0.3, -0.25) is 4.79 Å². The summed E-state index contributed by atoms with van der Waals surface area (Å²) in [6, 6.07) is 3.66. The third-order valence-corrected chi connectivity index (χ3v) is 3.71. The zero-order valence-electron chi connectivity index (χ0n) is 11.8. The Morgan fingerprint density at radius 3 is 2.80 bits per heavy atom. The number of anilines is 1. The minimum absolute atomic E-state index is 0.197. The van der Waals surface area contributed by atoms with Crippen LogP contribution in [0.25, 0.3) is 0 Å². The van der Waals surface area contributed by atoms with Crippen molar-refractivity contribution in [3.05, 3.63) is 17.8 Å². The molecule has 1 saturated carbocycles. The molecular weight excluding hydrogens is 256 g/mol. The molecule has 0 aliphatic heterocycles. The van der Waals surface area contributed by atoms with Gasteiger partial charge in [0.25, 0.3) is 5.91 Å². The number of hydrogen-bond donors (Lipinski definition) is 3. The number of rotatable bonds is 5. The Hall–Kier alpha value is -1.69. The molecule has 1 amide bonds. The first-order valence-corrected chi connectivity index (χ1v) is 7.24. The molecule has 6 heteroatoms. The van der Waals surface area contributed by atoms with Crippen LogP contribution < -0.4 is 10.6 Å². The number of carbonyl (C=O) groups is 1. The number of aromatic nitrogens is 2. The molecule has 3 N–H and O–H groups in total. The largest absolute Gasteiger partial charge is 0.396 e. The van der Waals surface area contributed by atoms with Crippen LogP contribution in [0.3, 0.4) is 0 Å². The SMILES string of the molecule is CCNC(=O)c1ccc(NC2CCCCC2CO)nn1. The van der Waals surface area contributed by atoms with Crippen molar-refractivity contribution in [3.63, 3.8) is 0 Å². The summed E-state index contributed by atoms with van der Waals surface area (Å²) >= 11 is 0. The molecular formula is C14H22N4O2. The molecule has 1 aliphatic rings. The smallest absolute Gasteiger partial charge is 0.271 e. The topological polar surface area (TPSA) is 87.1 Å². The molecule has 1 heterocycles. The van der Waals surface area contributed by atoms with Crippen LogP contribution in [0.5, 0.6) is 0 Å². The summed E-state index contributed by atoms with van der Waals surface area (Å²) < 4.78 is 0. The molecule has 20 heavy (non-hydrogen) atoms. The highest BCUT2D eigenvalue weighted by Gasteiger charge is 2.24. The molecule has 0 saturated heterocycles. The molecule has 1 aliphatic carbocycles. The Morgan fingerprint density at radius 1 is 1.35 bits per heavy atom. The summed E-state index contributed by atoms with van der Waals surface area (Å²) in [5, 5.41) is 23.4. The first kappa shape index (κ1) is 14.7. The summed E-state index contributed by atoms with van der Waals surface area (Å²) in [5.74, 6) is 0.717. The minimum atomic E-state index is -0.211. The minimum Gasteiger partial charge on any atom is -0.396 e. The zero-order chi connectivity index (χ0) is 14.4. The number of hydrogen-bond acceptors (Lipinski definition) is 5. The quantitative estimate of drug-likeness (QED) is 0.753. The van der Waals surface area contributed by atoms with E-state index in [1.54, 1.807) is 12.1 Å². The maximum Gasteiger partial charge on any atom is 0.271 e. The Balaban J connectivity index is 1.97. The molecule has 1 fully saturated rings. The number of aliphatic hydroxyl groups is 1. The summed E-state index contributed by atoms with van der Waals surface area (Å²) in [5.41, 5.74) is 0.319. The standard InChI is InChI=1S/C14H22N4O2/c1-2-15-14(20)12-7-8-13(18-17-12)16-11-6-4-3-5-10(11)9-19/h7-8,10-11,19H,2-6,9H2,1H3,(H,15,20)(H,16,18). The summed E-state index contributed by atoms with van der Waals surface area (Å²) in [4.78, 5) is 11.6. The summed E-state index contributed by atoms with van der Waals surface area (Å²) in [6.07, 6.45) is 4.41. The van der Waals surface area contributed by atoms with Crippen molar-refractivity contribution < 1.29 is 9.90 Å². The fourth-order valence-electron chi connectivity index (χ4n) is 2.59. The molecule has 2 atom stereocenters. The van der Waals surface area contributed by atoms with E-state index in [0.29, 0.717) is 18.1 Å². The van der Waals surface area contributed by atoms with Gasteiger partial charge in [-0.15, -0.1) is 10.2 Å². The Labute approximate surface area is 119 Å².